The molecule has 0 aromatic heterocycles. The van der Waals surface area contributed by atoms with E-state index in [0.29, 0.717) is 6.54 Å². The Kier molecular flexibility index (Phi) is 3.62. The van der Waals surface area contributed by atoms with Crippen molar-refractivity contribution in [1.82, 2.24) is 4.31 Å². The Bertz CT molecular complexity index is 607. The van der Waals surface area contributed by atoms with Gasteiger partial charge in [0.25, 0.3) is 0 Å². The molecule has 1 aromatic rings. The van der Waals surface area contributed by atoms with Gasteiger partial charge in [-0.15, -0.1) is 0 Å². The molecule has 0 radical (unpaired) electrons. The van der Waals surface area contributed by atoms with Crippen LogP contribution in [0.25, 0.3) is 0 Å². The van der Waals surface area contributed by atoms with Gasteiger partial charge >= 0.3 is 0 Å². The second-order valence-electron chi connectivity index (χ2n) is 4.36. The van der Waals surface area contributed by atoms with Crippen molar-refractivity contribution < 1.29 is 8.42 Å². The fraction of sp³-hybridized carbons (Fsp3) is 0.417. The second-order valence-corrected chi connectivity index (χ2v) is 6.66. The largest absolute Gasteiger partial charge is 0.243 e. The summed E-state index contributed by atoms with van der Waals surface area (Å²) in [4.78, 5) is 0.153. The number of nitriles is 1. The average molecular weight is 285 g/mol. The van der Waals surface area contributed by atoms with Gasteiger partial charge in [0.05, 0.1) is 15.5 Å². The highest BCUT2D eigenvalue weighted by molar-refractivity contribution is 7.89. The molecular weight excluding hydrogens is 272 g/mol. The number of nitrogens with zero attached hydrogens (tertiary/aromatic N) is 2. The third kappa shape index (κ3) is 2.24. The van der Waals surface area contributed by atoms with E-state index < -0.39 is 10.0 Å². The molecule has 1 unspecified atom stereocenters. The third-order valence-electron chi connectivity index (χ3n) is 3.16. The number of hydrogen-bond donors (Lipinski definition) is 0. The Morgan fingerprint density at radius 2 is 2.22 bits per heavy atom. The van der Waals surface area contributed by atoms with Crippen LogP contribution in [-0.4, -0.2) is 25.3 Å². The van der Waals surface area contributed by atoms with E-state index in [0.717, 1.165) is 12.8 Å². The van der Waals surface area contributed by atoms with Crippen LogP contribution in [0.4, 0.5) is 0 Å². The highest BCUT2D eigenvalue weighted by atomic mass is 35.5. The van der Waals surface area contributed by atoms with Crippen LogP contribution in [0.2, 0.25) is 5.02 Å². The molecule has 1 heterocycles. The maximum absolute atomic E-state index is 12.4. The fourth-order valence-corrected chi connectivity index (χ4v) is 4.16. The zero-order valence-corrected chi connectivity index (χ0v) is 11.5. The minimum Gasteiger partial charge on any atom is -0.207 e. The summed E-state index contributed by atoms with van der Waals surface area (Å²) in [6.45, 7) is 2.44. The summed E-state index contributed by atoms with van der Waals surface area (Å²) in [6, 6.07) is 6.15. The van der Waals surface area contributed by atoms with Crippen molar-refractivity contribution in [2.45, 2.75) is 30.7 Å². The number of sulfonamides is 1. The first-order valence-electron chi connectivity index (χ1n) is 5.68. The number of hydrogen-bond acceptors (Lipinski definition) is 3. The molecule has 1 aromatic carbocycles. The van der Waals surface area contributed by atoms with E-state index in [1.54, 1.807) is 0 Å². The predicted molar refractivity (Wildman–Crippen MR) is 68.8 cm³/mol. The van der Waals surface area contributed by atoms with Crippen LogP contribution < -0.4 is 0 Å². The minimum atomic E-state index is -3.50. The van der Waals surface area contributed by atoms with E-state index in [1.165, 1.54) is 22.5 Å². The predicted octanol–water partition coefficient (Wildman–Crippen LogP) is 2.38. The number of benzene rings is 1. The lowest BCUT2D eigenvalue weighted by Crippen LogP contribution is -2.33. The quantitative estimate of drug-likeness (QED) is 0.838. The molecule has 1 aliphatic heterocycles. The van der Waals surface area contributed by atoms with Gasteiger partial charge in [0, 0.05) is 12.6 Å². The summed E-state index contributed by atoms with van der Waals surface area (Å²) < 4.78 is 26.3. The Balaban J connectivity index is 2.42. The second kappa shape index (κ2) is 4.88. The van der Waals surface area contributed by atoms with Crippen LogP contribution in [0.1, 0.15) is 25.3 Å². The Morgan fingerprint density at radius 3 is 2.72 bits per heavy atom. The van der Waals surface area contributed by atoms with Crippen LogP contribution >= 0.6 is 11.6 Å². The summed E-state index contributed by atoms with van der Waals surface area (Å²) in [5.41, 5.74) is 0.282. The first kappa shape index (κ1) is 13.3. The van der Waals surface area contributed by atoms with Crippen molar-refractivity contribution in [3.63, 3.8) is 0 Å². The SMILES string of the molecule is CC1CCCN1S(=O)(=O)c1ccc(C#N)c(Cl)c1. The van der Waals surface area contributed by atoms with E-state index in [4.69, 9.17) is 16.9 Å². The van der Waals surface area contributed by atoms with Gasteiger partial charge in [-0.05, 0) is 38.0 Å². The van der Waals surface area contributed by atoms with Crippen molar-refractivity contribution in [1.29, 1.82) is 5.26 Å². The van der Waals surface area contributed by atoms with Crippen LogP contribution in [0.5, 0.6) is 0 Å². The molecule has 0 saturated carbocycles. The summed E-state index contributed by atoms with van der Waals surface area (Å²) in [5.74, 6) is 0. The standard InChI is InChI=1S/C12H13ClN2O2S/c1-9-3-2-6-15(9)18(16,17)11-5-4-10(8-14)12(13)7-11/h4-5,7,9H,2-3,6H2,1H3. The van der Waals surface area contributed by atoms with Gasteiger partial charge in [-0.1, -0.05) is 11.6 Å². The van der Waals surface area contributed by atoms with E-state index >= 15 is 0 Å². The van der Waals surface area contributed by atoms with Crippen molar-refractivity contribution >= 4 is 21.6 Å². The van der Waals surface area contributed by atoms with Gasteiger partial charge in [-0.2, -0.15) is 9.57 Å². The van der Waals surface area contributed by atoms with Crippen molar-refractivity contribution in [3.8, 4) is 6.07 Å². The Labute approximate surface area is 112 Å². The maximum Gasteiger partial charge on any atom is 0.243 e. The molecule has 2 rings (SSSR count). The molecule has 1 atom stereocenters. The molecule has 6 heteroatoms. The Morgan fingerprint density at radius 1 is 1.50 bits per heavy atom. The van der Waals surface area contributed by atoms with Gasteiger partial charge < -0.3 is 0 Å². The normalized spacial score (nSPS) is 20.8. The van der Waals surface area contributed by atoms with Gasteiger partial charge in [-0.25, -0.2) is 8.42 Å². The summed E-state index contributed by atoms with van der Waals surface area (Å²) >= 11 is 5.87. The van der Waals surface area contributed by atoms with Crippen LogP contribution in [-0.2, 0) is 10.0 Å². The summed E-state index contributed by atoms with van der Waals surface area (Å²) in [6.07, 6.45) is 1.76. The lowest BCUT2D eigenvalue weighted by Gasteiger charge is -2.21. The van der Waals surface area contributed by atoms with E-state index in [2.05, 4.69) is 0 Å². The molecule has 0 spiro atoms. The first-order chi connectivity index (χ1) is 8.46. The zero-order valence-electron chi connectivity index (χ0n) is 9.93. The molecule has 18 heavy (non-hydrogen) atoms. The first-order valence-corrected chi connectivity index (χ1v) is 7.50. The van der Waals surface area contributed by atoms with Gasteiger partial charge in [0.2, 0.25) is 10.0 Å². The molecule has 96 valence electrons. The molecule has 4 nitrogen and oxygen atoms in total. The molecule has 0 N–H and O–H groups in total. The topological polar surface area (TPSA) is 61.2 Å². The maximum atomic E-state index is 12.4. The molecule has 1 fully saturated rings. The minimum absolute atomic E-state index is 0.0180. The fourth-order valence-electron chi connectivity index (χ4n) is 2.15. The van der Waals surface area contributed by atoms with E-state index in [-0.39, 0.29) is 21.5 Å². The van der Waals surface area contributed by atoms with Crippen LogP contribution in [0.15, 0.2) is 23.1 Å². The van der Waals surface area contributed by atoms with E-state index in [1.807, 2.05) is 13.0 Å². The van der Waals surface area contributed by atoms with Gasteiger partial charge in [0.15, 0.2) is 0 Å². The van der Waals surface area contributed by atoms with Crippen molar-refractivity contribution in [3.05, 3.63) is 28.8 Å². The molecule has 0 bridgehead atoms. The van der Waals surface area contributed by atoms with E-state index in [9.17, 15) is 8.42 Å². The lowest BCUT2D eigenvalue weighted by molar-refractivity contribution is 0.408. The van der Waals surface area contributed by atoms with Crippen molar-refractivity contribution in [2.24, 2.45) is 0 Å². The molecule has 0 amide bonds. The summed E-state index contributed by atoms with van der Waals surface area (Å²) in [5, 5.41) is 8.94. The monoisotopic (exact) mass is 284 g/mol. The third-order valence-corrected chi connectivity index (χ3v) is 5.48. The molecular formula is C12H13ClN2O2S. The Hall–Kier alpha value is -1.09. The highest BCUT2D eigenvalue weighted by Crippen LogP contribution is 2.28. The van der Waals surface area contributed by atoms with Gasteiger partial charge in [-0.3, -0.25) is 0 Å². The zero-order chi connectivity index (χ0) is 13.3. The van der Waals surface area contributed by atoms with Crippen LogP contribution in [0.3, 0.4) is 0 Å². The van der Waals surface area contributed by atoms with Crippen LogP contribution in [0, 0.1) is 11.3 Å². The molecule has 1 saturated heterocycles. The average Bonchev–Trinajstić information content (AvgIpc) is 2.76. The number of rotatable bonds is 2. The molecule has 1 aliphatic rings. The van der Waals surface area contributed by atoms with Crippen molar-refractivity contribution in [2.75, 3.05) is 6.54 Å². The lowest BCUT2D eigenvalue weighted by atomic mass is 10.2. The molecule has 0 aliphatic carbocycles. The highest BCUT2D eigenvalue weighted by Gasteiger charge is 2.32. The summed E-state index contributed by atoms with van der Waals surface area (Å²) in [7, 11) is -3.50. The number of halogens is 1. The van der Waals surface area contributed by atoms with Gasteiger partial charge in [0.1, 0.15) is 6.07 Å². The smallest absolute Gasteiger partial charge is 0.207 e.